The number of anilines is 2. The van der Waals surface area contributed by atoms with E-state index in [9.17, 15) is 4.79 Å². The zero-order chi connectivity index (χ0) is 14.1. The predicted octanol–water partition coefficient (Wildman–Crippen LogP) is 2.41. The smallest absolute Gasteiger partial charge is 0.224 e. The highest BCUT2D eigenvalue weighted by Crippen LogP contribution is 2.18. The Bertz CT molecular complexity index is 410. The van der Waals surface area contributed by atoms with Gasteiger partial charge in [-0.05, 0) is 55.0 Å². The molecule has 1 aromatic carbocycles. The second-order valence-electron chi connectivity index (χ2n) is 4.42. The van der Waals surface area contributed by atoms with Gasteiger partial charge in [0.2, 0.25) is 5.91 Å². The molecule has 5 heteroatoms. The Labute approximate surface area is 118 Å². The number of thioether (sulfide) groups is 1. The average Bonchev–Trinajstić information content (AvgIpc) is 2.37. The molecule has 0 fully saturated rings. The lowest BCUT2D eigenvalue weighted by Crippen LogP contribution is -2.12. The summed E-state index contributed by atoms with van der Waals surface area (Å²) in [6.07, 6.45) is 2.20. The summed E-state index contributed by atoms with van der Waals surface area (Å²) < 4.78 is 0. The van der Waals surface area contributed by atoms with E-state index in [1.807, 2.05) is 19.1 Å². The maximum atomic E-state index is 11.7. The van der Waals surface area contributed by atoms with Gasteiger partial charge in [-0.3, -0.25) is 4.79 Å². The van der Waals surface area contributed by atoms with Gasteiger partial charge in [0.25, 0.3) is 0 Å². The van der Waals surface area contributed by atoms with Crippen LogP contribution in [0.15, 0.2) is 18.2 Å². The van der Waals surface area contributed by atoms with Crippen molar-refractivity contribution >= 4 is 29.0 Å². The van der Waals surface area contributed by atoms with Gasteiger partial charge >= 0.3 is 0 Å². The van der Waals surface area contributed by atoms with E-state index < -0.39 is 0 Å². The Morgan fingerprint density at radius 3 is 2.79 bits per heavy atom. The zero-order valence-corrected chi connectivity index (χ0v) is 12.1. The van der Waals surface area contributed by atoms with Gasteiger partial charge in [-0.15, -0.1) is 0 Å². The largest absolute Gasteiger partial charge is 0.399 e. The van der Waals surface area contributed by atoms with E-state index in [4.69, 9.17) is 10.8 Å². The Kier molecular flexibility index (Phi) is 7.36. The van der Waals surface area contributed by atoms with E-state index in [2.05, 4.69) is 5.32 Å². The molecule has 4 N–H and O–H groups in total. The van der Waals surface area contributed by atoms with Gasteiger partial charge in [-0.25, -0.2) is 0 Å². The van der Waals surface area contributed by atoms with E-state index in [0.717, 1.165) is 35.6 Å². The highest BCUT2D eigenvalue weighted by Gasteiger charge is 2.04. The molecule has 106 valence electrons. The van der Waals surface area contributed by atoms with E-state index >= 15 is 0 Å². The number of hydrogen-bond donors (Lipinski definition) is 3. The number of nitrogens with one attached hydrogen (secondary N) is 1. The minimum atomic E-state index is 0.0376. The Balaban J connectivity index is 2.23. The Morgan fingerprint density at radius 2 is 2.11 bits per heavy atom. The molecular weight excluding hydrogens is 260 g/mol. The van der Waals surface area contributed by atoms with Crippen molar-refractivity contribution in [2.24, 2.45) is 0 Å². The maximum absolute atomic E-state index is 11.7. The summed E-state index contributed by atoms with van der Waals surface area (Å²) in [4.78, 5) is 11.7. The van der Waals surface area contributed by atoms with Crippen molar-refractivity contribution in [1.82, 2.24) is 0 Å². The fourth-order valence-electron chi connectivity index (χ4n) is 1.64. The molecular formula is C14H22N2O2S. The molecule has 0 bridgehead atoms. The summed E-state index contributed by atoms with van der Waals surface area (Å²) in [6, 6.07) is 5.46. The lowest BCUT2D eigenvalue weighted by molar-refractivity contribution is -0.116. The van der Waals surface area contributed by atoms with Gasteiger partial charge < -0.3 is 16.2 Å². The summed E-state index contributed by atoms with van der Waals surface area (Å²) in [6.45, 7) is 2.17. The van der Waals surface area contributed by atoms with Crippen molar-refractivity contribution in [3.8, 4) is 0 Å². The van der Waals surface area contributed by atoms with Gasteiger partial charge in [0.05, 0.1) is 0 Å². The quantitative estimate of drug-likeness (QED) is 0.505. The summed E-state index contributed by atoms with van der Waals surface area (Å²) in [5, 5.41) is 11.5. The lowest BCUT2D eigenvalue weighted by Gasteiger charge is -2.09. The molecule has 0 aromatic heterocycles. The molecule has 0 aliphatic heterocycles. The van der Waals surface area contributed by atoms with E-state index in [1.54, 1.807) is 17.8 Å². The van der Waals surface area contributed by atoms with Crippen LogP contribution in [0.3, 0.4) is 0 Å². The summed E-state index contributed by atoms with van der Waals surface area (Å²) in [5.74, 6) is 1.94. The van der Waals surface area contributed by atoms with Gasteiger partial charge in [0.15, 0.2) is 0 Å². The number of aliphatic hydroxyl groups excluding tert-OH is 1. The van der Waals surface area contributed by atoms with Crippen molar-refractivity contribution in [2.75, 3.05) is 29.2 Å². The first-order valence-corrected chi connectivity index (χ1v) is 7.63. The number of hydrogen-bond acceptors (Lipinski definition) is 4. The number of aliphatic hydroxyl groups is 1. The highest BCUT2D eigenvalue weighted by molar-refractivity contribution is 7.99. The molecule has 19 heavy (non-hydrogen) atoms. The normalized spacial score (nSPS) is 10.4. The van der Waals surface area contributed by atoms with Crippen LogP contribution in [0.4, 0.5) is 11.4 Å². The number of nitrogens with two attached hydrogens (primary N) is 1. The summed E-state index contributed by atoms with van der Waals surface area (Å²) in [7, 11) is 0. The van der Waals surface area contributed by atoms with Gasteiger partial charge in [0.1, 0.15) is 0 Å². The molecule has 4 nitrogen and oxygen atoms in total. The van der Waals surface area contributed by atoms with Crippen LogP contribution in [0.2, 0.25) is 0 Å². The van der Waals surface area contributed by atoms with Gasteiger partial charge in [-0.1, -0.05) is 0 Å². The van der Waals surface area contributed by atoms with Gasteiger partial charge in [-0.2, -0.15) is 11.8 Å². The van der Waals surface area contributed by atoms with Crippen LogP contribution in [0.1, 0.15) is 24.8 Å². The maximum Gasteiger partial charge on any atom is 0.224 e. The molecule has 1 amide bonds. The monoisotopic (exact) mass is 282 g/mol. The predicted molar refractivity (Wildman–Crippen MR) is 82.5 cm³/mol. The first kappa shape index (κ1) is 15.9. The van der Waals surface area contributed by atoms with Crippen molar-refractivity contribution < 1.29 is 9.90 Å². The van der Waals surface area contributed by atoms with Crippen molar-refractivity contribution in [1.29, 1.82) is 0 Å². The molecule has 1 aromatic rings. The van der Waals surface area contributed by atoms with Crippen LogP contribution >= 0.6 is 11.8 Å². The van der Waals surface area contributed by atoms with Crippen molar-refractivity contribution in [3.05, 3.63) is 23.8 Å². The van der Waals surface area contributed by atoms with Crippen LogP contribution in [0.5, 0.6) is 0 Å². The molecule has 0 aliphatic rings. The minimum Gasteiger partial charge on any atom is -0.399 e. The molecule has 0 atom stereocenters. The molecule has 0 saturated heterocycles. The SMILES string of the molecule is Cc1cc(N)ccc1NC(=O)CCCSCCCO. The second-order valence-corrected chi connectivity index (χ2v) is 5.64. The fraction of sp³-hybridized carbons (Fsp3) is 0.500. The minimum absolute atomic E-state index is 0.0376. The van der Waals surface area contributed by atoms with E-state index in [-0.39, 0.29) is 12.5 Å². The molecule has 0 heterocycles. The molecule has 0 radical (unpaired) electrons. The number of aryl methyl sites for hydroxylation is 1. The summed E-state index contributed by atoms with van der Waals surface area (Å²) in [5.41, 5.74) is 8.17. The van der Waals surface area contributed by atoms with Crippen molar-refractivity contribution in [2.45, 2.75) is 26.2 Å². The third-order valence-corrected chi connectivity index (χ3v) is 3.82. The van der Waals surface area contributed by atoms with E-state index in [1.165, 1.54) is 0 Å². The number of rotatable bonds is 8. The van der Waals surface area contributed by atoms with Crippen molar-refractivity contribution in [3.63, 3.8) is 0 Å². The third-order valence-electron chi connectivity index (χ3n) is 2.66. The fourth-order valence-corrected chi connectivity index (χ4v) is 2.53. The van der Waals surface area contributed by atoms with Crippen LogP contribution in [0, 0.1) is 6.92 Å². The standard InChI is InChI=1S/C14H22N2O2S/c1-11-10-12(15)5-6-13(11)16-14(18)4-2-8-19-9-3-7-17/h5-6,10,17H,2-4,7-9,15H2,1H3,(H,16,18). The number of carbonyl (C=O) groups is 1. The number of carbonyl (C=O) groups excluding carboxylic acids is 1. The molecule has 1 rings (SSSR count). The van der Waals surface area contributed by atoms with Gasteiger partial charge in [0, 0.05) is 24.4 Å². The second kappa shape index (κ2) is 8.82. The molecule has 0 aliphatic carbocycles. The zero-order valence-electron chi connectivity index (χ0n) is 11.3. The molecule has 0 unspecified atom stereocenters. The van der Waals surface area contributed by atoms with Crippen LogP contribution in [-0.4, -0.2) is 29.1 Å². The number of nitrogen functional groups attached to an aromatic ring is 1. The number of amides is 1. The third kappa shape index (κ3) is 6.50. The van der Waals surface area contributed by atoms with E-state index in [0.29, 0.717) is 12.1 Å². The molecule has 0 saturated carbocycles. The van der Waals surface area contributed by atoms with Crippen LogP contribution < -0.4 is 11.1 Å². The highest BCUT2D eigenvalue weighted by atomic mass is 32.2. The Hall–Kier alpha value is -1.20. The van der Waals surface area contributed by atoms with Crippen LogP contribution in [0.25, 0.3) is 0 Å². The topological polar surface area (TPSA) is 75.3 Å². The molecule has 0 spiro atoms. The first-order valence-electron chi connectivity index (χ1n) is 6.48. The Morgan fingerprint density at radius 1 is 1.37 bits per heavy atom. The average molecular weight is 282 g/mol. The number of benzene rings is 1. The lowest BCUT2D eigenvalue weighted by atomic mass is 10.1. The summed E-state index contributed by atoms with van der Waals surface area (Å²) >= 11 is 1.77. The van der Waals surface area contributed by atoms with Crippen LogP contribution in [-0.2, 0) is 4.79 Å². The first-order chi connectivity index (χ1) is 9.13.